The topological polar surface area (TPSA) is 39.4 Å². The molecule has 4 rings (SSSR count). The third-order valence-electron chi connectivity index (χ3n) is 4.64. The van der Waals surface area contributed by atoms with E-state index >= 15 is 0 Å². The zero-order valence-corrected chi connectivity index (χ0v) is 16.6. The predicted molar refractivity (Wildman–Crippen MR) is 113 cm³/mol. The number of aryl methyl sites for hydroxylation is 1. The summed E-state index contributed by atoms with van der Waals surface area (Å²) < 4.78 is 11.4. The molecule has 0 saturated carbocycles. The second-order valence-corrected chi connectivity index (χ2v) is 7.22. The van der Waals surface area contributed by atoms with Gasteiger partial charge in [0.1, 0.15) is 17.9 Å². The van der Waals surface area contributed by atoms with Gasteiger partial charge >= 0.3 is 5.63 Å². The predicted octanol–water partition coefficient (Wildman–Crippen LogP) is 6.65. The molecule has 0 bridgehead atoms. The molecule has 0 fully saturated rings. The Morgan fingerprint density at radius 1 is 0.929 bits per heavy atom. The number of hydrogen-bond donors (Lipinski definition) is 0. The molecule has 0 aliphatic rings. The second-order valence-electron chi connectivity index (χ2n) is 6.40. The molecule has 3 aromatic carbocycles. The fourth-order valence-electron chi connectivity index (χ4n) is 3.18. The van der Waals surface area contributed by atoms with Crippen molar-refractivity contribution >= 4 is 34.2 Å². The van der Waals surface area contributed by atoms with Crippen LogP contribution in [0, 0.1) is 6.92 Å². The summed E-state index contributed by atoms with van der Waals surface area (Å²) in [4.78, 5) is 12.5. The van der Waals surface area contributed by atoms with Crippen molar-refractivity contribution in [2.75, 3.05) is 0 Å². The highest BCUT2D eigenvalue weighted by Gasteiger charge is 2.14. The smallest absolute Gasteiger partial charge is 0.344 e. The molecule has 0 N–H and O–H groups in total. The molecule has 5 heteroatoms. The van der Waals surface area contributed by atoms with E-state index < -0.39 is 0 Å². The van der Waals surface area contributed by atoms with Crippen molar-refractivity contribution in [1.82, 2.24) is 0 Å². The van der Waals surface area contributed by atoms with Crippen LogP contribution >= 0.6 is 23.2 Å². The minimum absolute atomic E-state index is 0.241. The van der Waals surface area contributed by atoms with E-state index in [2.05, 4.69) is 0 Å². The molecule has 0 unspecified atom stereocenters. The van der Waals surface area contributed by atoms with Crippen LogP contribution < -0.4 is 10.4 Å². The monoisotopic (exact) mass is 410 g/mol. The van der Waals surface area contributed by atoms with E-state index in [1.807, 2.05) is 43.3 Å². The SMILES string of the molecule is Cc1c(-c2ccccc2)c(=O)oc2ccc(OCc3c(Cl)cccc3Cl)cc12. The van der Waals surface area contributed by atoms with Crippen LogP contribution in [-0.4, -0.2) is 0 Å². The fourth-order valence-corrected chi connectivity index (χ4v) is 3.69. The quantitative estimate of drug-likeness (QED) is 0.353. The minimum atomic E-state index is -0.354. The molecule has 0 spiro atoms. The van der Waals surface area contributed by atoms with E-state index in [9.17, 15) is 4.79 Å². The number of halogens is 2. The van der Waals surface area contributed by atoms with Gasteiger partial charge in [0, 0.05) is 21.0 Å². The van der Waals surface area contributed by atoms with E-state index in [1.165, 1.54) is 0 Å². The molecule has 28 heavy (non-hydrogen) atoms. The van der Waals surface area contributed by atoms with Gasteiger partial charge in [-0.05, 0) is 48.4 Å². The van der Waals surface area contributed by atoms with Gasteiger partial charge in [0.2, 0.25) is 0 Å². The molecule has 0 aliphatic heterocycles. The van der Waals surface area contributed by atoms with Gasteiger partial charge in [-0.2, -0.15) is 0 Å². The number of rotatable bonds is 4. The highest BCUT2D eigenvalue weighted by molar-refractivity contribution is 6.35. The van der Waals surface area contributed by atoms with Gasteiger partial charge in [-0.3, -0.25) is 0 Å². The summed E-state index contributed by atoms with van der Waals surface area (Å²) in [5, 5.41) is 1.94. The number of ether oxygens (including phenoxy) is 1. The van der Waals surface area contributed by atoms with Gasteiger partial charge in [-0.25, -0.2) is 4.79 Å². The Morgan fingerprint density at radius 3 is 2.36 bits per heavy atom. The van der Waals surface area contributed by atoms with Crippen molar-refractivity contribution in [2.45, 2.75) is 13.5 Å². The van der Waals surface area contributed by atoms with Gasteiger partial charge in [0.05, 0.1) is 5.56 Å². The summed E-state index contributed by atoms with van der Waals surface area (Å²) in [5.41, 5.74) is 3.12. The lowest BCUT2D eigenvalue weighted by molar-refractivity contribution is 0.306. The molecule has 1 heterocycles. The van der Waals surface area contributed by atoms with E-state index in [0.29, 0.717) is 26.9 Å². The third-order valence-corrected chi connectivity index (χ3v) is 5.35. The van der Waals surface area contributed by atoms with E-state index in [1.54, 1.807) is 30.3 Å². The van der Waals surface area contributed by atoms with E-state index in [0.717, 1.165) is 22.1 Å². The lowest BCUT2D eigenvalue weighted by atomic mass is 9.99. The third kappa shape index (κ3) is 3.51. The Hall–Kier alpha value is -2.75. The van der Waals surface area contributed by atoms with Crippen molar-refractivity contribution in [3.8, 4) is 16.9 Å². The standard InChI is InChI=1S/C23H16Cl2O3/c1-14-17-12-16(27-13-18-19(24)8-5-9-20(18)25)10-11-21(17)28-23(26)22(14)15-6-3-2-4-7-15/h2-12H,13H2,1H3. The van der Waals surface area contributed by atoms with Gasteiger partial charge in [-0.15, -0.1) is 0 Å². The first-order valence-corrected chi connectivity index (χ1v) is 9.49. The minimum Gasteiger partial charge on any atom is -0.489 e. The van der Waals surface area contributed by atoms with Crippen molar-refractivity contribution < 1.29 is 9.15 Å². The highest BCUT2D eigenvalue weighted by Crippen LogP contribution is 2.30. The van der Waals surface area contributed by atoms with Gasteiger partial charge < -0.3 is 9.15 Å². The van der Waals surface area contributed by atoms with Crippen LogP contribution in [0.1, 0.15) is 11.1 Å². The summed E-state index contributed by atoms with van der Waals surface area (Å²) in [6, 6.07) is 20.2. The molecule has 3 nitrogen and oxygen atoms in total. The Bertz CT molecular complexity index is 1190. The maximum absolute atomic E-state index is 12.5. The highest BCUT2D eigenvalue weighted by atomic mass is 35.5. The Labute approximate surface area is 172 Å². The van der Waals surface area contributed by atoms with Crippen molar-refractivity contribution in [2.24, 2.45) is 0 Å². The summed E-state index contributed by atoms with van der Waals surface area (Å²) in [7, 11) is 0. The molecule has 0 saturated heterocycles. The molecule has 0 radical (unpaired) electrons. The average Bonchev–Trinajstić information content (AvgIpc) is 2.69. The zero-order valence-electron chi connectivity index (χ0n) is 15.0. The maximum atomic E-state index is 12.5. The summed E-state index contributed by atoms with van der Waals surface area (Å²) >= 11 is 12.4. The van der Waals surface area contributed by atoms with Crippen molar-refractivity contribution in [1.29, 1.82) is 0 Å². The molecule has 140 valence electrons. The normalized spacial score (nSPS) is 11.0. The van der Waals surface area contributed by atoms with Gasteiger partial charge in [0.15, 0.2) is 0 Å². The molecular weight excluding hydrogens is 395 g/mol. The van der Waals surface area contributed by atoms with Gasteiger partial charge in [0.25, 0.3) is 0 Å². The largest absolute Gasteiger partial charge is 0.489 e. The zero-order chi connectivity index (χ0) is 19.7. The van der Waals surface area contributed by atoms with Gasteiger partial charge in [-0.1, -0.05) is 59.6 Å². The molecular formula is C23H16Cl2O3. The second kappa shape index (κ2) is 7.70. The lowest BCUT2D eigenvalue weighted by Crippen LogP contribution is -2.06. The molecule has 4 aromatic rings. The van der Waals surface area contributed by atoms with Crippen molar-refractivity contribution in [3.63, 3.8) is 0 Å². The first-order valence-electron chi connectivity index (χ1n) is 8.73. The number of fused-ring (bicyclic) bond motifs is 1. The van der Waals surface area contributed by atoms with Crippen LogP contribution in [-0.2, 0) is 6.61 Å². The molecule has 0 aliphatic carbocycles. The van der Waals surface area contributed by atoms with Crippen LogP contribution in [0.25, 0.3) is 22.1 Å². The van der Waals surface area contributed by atoms with Crippen LogP contribution in [0.5, 0.6) is 5.75 Å². The summed E-state index contributed by atoms with van der Waals surface area (Å²) in [5.74, 6) is 0.638. The van der Waals surface area contributed by atoms with Crippen LogP contribution in [0.15, 0.2) is 75.9 Å². The Kier molecular flexibility index (Phi) is 5.12. The summed E-state index contributed by atoms with van der Waals surface area (Å²) in [6.07, 6.45) is 0. The number of benzene rings is 3. The van der Waals surface area contributed by atoms with E-state index in [4.69, 9.17) is 32.4 Å². The fraction of sp³-hybridized carbons (Fsp3) is 0.0870. The first-order chi connectivity index (χ1) is 13.5. The first kappa shape index (κ1) is 18.6. The molecule has 0 atom stereocenters. The number of hydrogen-bond acceptors (Lipinski definition) is 3. The molecule has 0 amide bonds. The average molecular weight is 411 g/mol. The Balaban J connectivity index is 1.73. The molecule has 1 aromatic heterocycles. The van der Waals surface area contributed by atoms with Crippen molar-refractivity contribution in [3.05, 3.63) is 98.3 Å². The lowest BCUT2D eigenvalue weighted by Gasteiger charge is -2.12. The van der Waals surface area contributed by atoms with Crippen LogP contribution in [0.4, 0.5) is 0 Å². The van der Waals surface area contributed by atoms with Crippen LogP contribution in [0.3, 0.4) is 0 Å². The Morgan fingerprint density at radius 2 is 1.64 bits per heavy atom. The van der Waals surface area contributed by atoms with Crippen LogP contribution in [0.2, 0.25) is 10.0 Å². The summed E-state index contributed by atoms with van der Waals surface area (Å²) in [6.45, 7) is 2.15. The van der Waals surface area contributed by atoms with E-state index in [-0.39, 0.29) is 12.2 Å². The maximum Gasteiger partial charge on any atom is 0.344 e.